The lowest BCUT2D eigenvalue weighted by molar-refractivity contribution is 0.670. The molecule has 7 rings (SSSR count). The van der Waals surface area contributed by atoms with Gasteiger partial charge in [0.05, 0.1) is 5.69 Å². The predicted octanol–water partition coefficient (Wildman–Crippen LogP) is 9.29. The molecular weight excluding hydrogens is 508 g/mol. The van der Waals surface area contributed by atoms with Crippen LogP contribution < -0.4 is 0 Å². The summed E-state index contributed by atoms with van der Waals surface area (Å²) in [6.45, 7) is 0. The third-order valence-corrected chi connectivity index (χ3v) is 7.11. The average molecular weight is 527 g/mol. The van der Waals surface area contributed by atoms with E-state index in [1.807, 2.05) is 24.3 Å². The zero-order chi connectivity index (χ0) is 24.1. The van der Waals surface area contributed by atoms with Gasteiger partial charge >= 0.3 is 0 Å². The van der Waals surface area contributed by atoms with Gasteiger partial charge in [-0.3, -0.25) is 0 Å². The van der Waals surface area contributed by atoms with Crippen molar-refractivity contribution < 1.29 is 4.42 Å². The molecule has 4 aromatic carbocycles. The van der Waals surface area contributed by atoms with Crippen LogP contribution in [0.3, 0.4) is 0 Å². The maximum Gasteiger partial charge on any atom is 0.160 e. The second kappa shape index (κ2) is 8.43. The smallest absolute Gasteiger partial charge is 0.160 e. The molecule has 0 aliphatic heterocycles. The van der Waals surface area contributed by atoms with Crippen molar-refractivity contribution in [3.63, 3.8) is 0 Å². The second-order valence-electron chi connectivity index (χ2n) is 8.80. The lowest BCUT2D eigenvalue weighted by Crippen LogP contribution is -1.92. The number of aromatic nitrogens is 2. The van der Waals surface area contributed by atoms with E-state index in [1.165, 1.54) is 0 Å². The summed E-state index contributed by atoms with van der Waals surface area (Å²) in [4.78, 5) is 9.44. The molecule has 0 unspecified atom stereocenters. The molecule has 0 aliphatic carbocycles. The molecule has 0 atom stereocenters. The van der Waals surface area contributed by atoms with Crippen molar-refractivity contribution in [3.8, 4) is 33.5 Å². The summed E-state index contributed by atoms with van der Waals surface area (Å²) >= 11 is 3.58. The molecular formula is C32H19BrN2O. The quantitative estimate of drug-likeness (QED) is 0.230. The van der Waals surface area contributed by atoms with Gasteiger partial charge in [-0.2, -0.15) is 0 Å². The van der Waals surface area contributed by atoms with Gasteiger partial charge < -0.3 is 4.42 Å². The molecule has 0 fully saturated rings. The van der Waals surface area contributed by atoms with Crippen LogP contribution in [-0.4, -0.2) is 9.97 Å². The highest BCUT2D eigenvalue weighted by Gasteiger charge is 2.14. The molecule has 4 heteroatoms. The summed E-state index contributed by atoms with van der Waals surface area (Å²) in [7, 11) is 0. The van der Waals surface area contributed by atoms with E-state index in [9.17, 15) is 0 Å². The van der Waals surface area contributed by atoms with Gasteiger partial charge in [-0.1, -0.05) is 88.7 Å². The Bertz CT molecular complexity index is 1890. The molecule has 170 valence electrons. The van der Waals surface area contributed by atoms with Crippen molar-refractivity contribution in [2.24, 2.45) is 0 Å². The van der Waals surface area contributed by atoms with Gasteiger partial charge in [0.2, 0.25) is 0 Å². The number of pyridine rings is 2. The van der Waals surface area contributed by atoms with E-state index in [-0.39, 0.29) is 0 Å². The maximum absolute atomic E-state index is 6.28. The molecule has 0 saturated carbocycles. The molecule has 3 aromatic heterocycles. The Morgan fingerprint density at radius 3 is 2.22 bits per heavy atom. The summed E-state index contributed by atoms with van der Waals surface area (Å²) in [6.07, 6.45) is 1.80. The lowest BCUT2D eigenvalue weighted by atomic mass is 9.98. The molecule has 0 bridgehead atoms. The van der Waals surface area contributed by atoms with Gasteiger partial charge in [0.1, 0.15) is 11.2 Å². The standard InChI is InChI=1S/C32H19BrN2O/c33-23-15-16-30-28(18-23)25-9-4-8-24(31(25)36-30)21-11-13-22(14-12-21)29-19-27(20-6-2-1-3-7-20)26-10-5-17-34-32(26)35-29/h1-19H. The number of halogens is 1. The molecule has 0 aliphatic rings. The van der Waals surface area contributed by atoms with Gasteiger partial charge in [0, 0.05) is 38.0 Å². The van der Waals surface area contributed by atoms with Crippen LogP contribution in [0.1, 0.15) is 0 Å². The van der Waals surface area contributed by atoms with E-state index in [2.05, 4.69) is 106 Å². The van der Waals surface area contributed by atoms with Crippen molar-refractivity contribution >= 4 is 48.9 Å². The molecule has 0 radical (unpaired) electrons. The van der Waals surface area contributed by atoms with Crippen molar-refractivity contribution in [2.75, 3.05) is 0 Å². The number of para-hydroxylation sites is 1. The largest absolute Gasteiger partial charge is 0.455 e. The van der Waals surface area contributed by atoms with E-state index in [4.69, 9.17) is 9.40 Å². The average Bonchev–Trinajstić information content (AvgIpc) is 3.31. The number of fused-ring (bicyclic) bond motifs is 4. The first-order valence-electron chi connectivity index (χ1n) is 11.8. The SMILES string of the molecule is Brc1ccc2oc3c(-c4ccc(-c5cc(-c6ccccc6)c6cccnc6n5)cc4)cccc3c2c1. The zero-order valence-electron chi connectivity index (χ0n) is 19.2. The first-order valence-corrected chi connectivity index (χ1v) is 12.6. The number of hydrogen-bond donors (Lipinski definition) is 0. The van der Waals surface area contributed by atoms with Crippen molar-refractivity contribution in [1.82, 2.24) is 9.97 Å². The summed E-state index contributed by atoms with van der Waals surface area (Å²) < 4.78 is 7.32. The summed E-state index contributed by atoms with van der Waals surface area (Å²) in [5, 5.41) is 3.27. The number of rotatable bonds is 3. The fourth-order valence-electron chi connectivity index (χ4n) is 4.88. The minimum Gasteiger partial charge on any atom is -0.455 e. The number of benzene rings is 4. The number of hydrogen-bond acceptors (Lipinski definition) is 3. The van der Waals surface area contributed by atoms with Gasteiger partial charge in [0.25, 0.3) is 0 Å². The third-order valence-electron chi connectivity index (χ3n) is 6.62. The summed E-state index contributed by atoms with van der Waals surface area (Å²) in [5.74, 6) is 0. The molecule has 3 heterocycles. The Kier molecular flexibility index (Phi) is 4.93. The zero-order valence-corrected chi connectivity index (χ0v) is 20.7. The van der Waals surface area contributed by atoms with Crippen LogP contribution in [0.25, 0.3) is 66.5 Å². The summed E-state index contributed by atoms with van der Waals surface area (Å²) in [6, 6.07) is 37.6. The van der Waals surface area contributed by atoms with E-state index in [0.717, 1.165) is 71.0 Å². The van der Waals surface area contributed by atoms with E-state index in [0.29, 0.717) is 0 Å². The normalized spacial score (nSPS) is 11.5. The van der Waals surface area contributed by atoms with Crippen LogP contribution in [0.4, 0.5) is 0 Å². The van der Waals surface area contributed by atoms with Crippen molar-refractivity contribution in [2.45, 2.75) is 0 Å². The van der Waals surface area contributed by atoms with Crippen LogP contribution in [0.15, 0.2) is 124 Å². The minimum atomic E-state index is 0.746. The second-order valence-corrected chi connectivity index (χ2v) is 9.71. The Balaban J connectivity index is 1.35. The molecule has 0 N–H and O–H groups in total. The maximum atomic E-state index is 6.28. The van der Waals surface area contributed by atoms with Gasteiger partial charge in [-0.15, -0.1) is 0 Å². The third kappa shape index (κ3) is 3.50. The van der Waals surface area contributed by atoms with Crippen LogP contribution in [-0.2, 0) is 0 Å². The molecule has 36 heavy (non-hydrogen) atoms. The first kappa shape index (κ1) is 21.0. The van der Waals surface area contributed by atoms with Crippen LogP contribution >= 0.6 is 15.9 Å². The van der Waals surface area contributed by atoms with Gasteiger partial charge in [-0.05, 0) is 53.1 Å². The minimum absolute atomic E-state index is 0.746. The van der Waals surface area contributed by atoms with Crippen LogP contribution in [0, 0.1) is 0 Å². The highest BCUT2D eigenvalue weighted by Crippen LogP contribution is 2.38. The van der Waals surface area contributed by atoms with E-state index >= 15 is 0 Å². The van der Waals surface area contributed by atoms with Crippen LogP contribution in [0.5, 0.6) is 0 Å². The molecule has 7 aromatic rings. The predicted molar refractivity (Wildman–Crippen MR) is 151 cm³/mol. The Labute approximate surface area is 216 Å². The van der Waals surface area contributed by atoms with E-state index < -0.39 is 0 Å². The monoisotopic (exact) mass is 526 g/mol. The van der Waals surface area contributed by atoms with Gasteiger partial charge in [0.15, 0.2) is 5.65 Å². The fourth-order valence-corrected chi connectivity index (χ4v) is 5.24. The van der Waals surface area contributed by atoms with Crippen molar-refractivity contribution in [3.05, 3.63) is 120 Å². The Morgan fingerprint density at radius 1 is 0.583 bits per heavy atom. The molecule has 3 nitrogen and oxygen atoms in total. The molecule has 0 saturated heterocycles. The topological polar surface area (TPSA) is 38.9 Å². The molecule has 0 amide bonds. The highest BCUT2D eigenvalue weighted by atomic mass is 79.9. The Morgan fingerprint density at radius 2 is 1.36 bits per heavy atom. The van der Waals surface area contributed by atoms with Crippen molar-refractivity contribution in [1.29, 1.82) is 0 Å². The van der Waals surface area contributed by atoms with Crippen LogP contribution in [0.2, 0.25) is 0 Å². The Hall–Kier alpha value is -4.28. The first-order chi connectivity index (χ1) is 17.7. The molecule has 0 spiro atoms. The number of nitrogens with zero attached hydrogens (tertiary/aromatic N) is 2. The highest BCUT2D eigenvalue weighted by molar-refractivity contribution is 9.10. The number of furan rings is 1. The fraction of sp³-hybridized carbons (Fsp3) is 0. The van der Waals surface area contributed by atoms with Gasteiger partial charge in [-0.25, -0.2) is 9.97 Å². The van der Waals surface area contributed by atoms with E-state index in [1.54, 1.807) is 6.20 Å². The lowest BCUT2D eigenvalue weighted by Gasteiger charge is -2.10. The summed E-state index contributed by atoms with van der Waals surface area (Å²) in [5.41, 5.74) is 8.94.